The molecule has 1 aliphatic heterocycles. The van der Waals surface area contributed by atoms with Crippen LogP contribution < -0.4 is 4.74 Å². The molecule has 0 N–H and O–H groups in total. The van der Waals surface area contributed by atoms with Gasteiger partial charge in [-0.2, -0.15) is 4.98 Å². The Morgan fingerprint density at radius 1 is 1.29 bits per heavy atom. The van der Waals surface area contributed by atoms with Crippen LogP contribution in [0, 0.1) is 5.92 Å². The second-order valence-electron chi connectivity index (χ2n) is 6.75. The molecule has 0 spiro atoms. The van der Waals surface area contributed by atoms with Crippen molar-refractivity contribution < 1.29 is 14.0 Å². The molecule has 4 rings (SSSR count). The van der Waals surface area contributed by atoms with E-state index in [-0.39, 0.29) is 12.2 Å². The first-order valence-corrected chi connectivity index (χ1v) is 8.44. The molecular weight excluding hydrogens is 308 g/mol. The average Bonchev–Trinajstić information content (AvgIpc) is 3.27. The molecule has 2 atom stereocenters. The summed E-state index contributed by atoms with van der Waals surface area (Å²) in [6.45, 7) is 4.45. The van der Waals surface area contributed by atoms with E-state index in [0.717, 1.165) is 25.3 Å². The molecule has 2 aliphatic rings. The van der Waals surface area contributed by atoms with Gasteiger partial charge in [-0.15, -0.1) is 0 Å². The predicted octanol–water partition coefficient (Wildman–Crippen LogP) is 2.31. The molecule has 2 fully saturated rings. The maximum atomic E-state index is 5.90. The molecule has 2 aromatic heterocycles. The number of rotatable bonds is 5. The van der Waals surface area contributed by atoms with Gasteiger partial charge in [0.1, 0.15) is 6.10 Å². The lowest BCUT2D eigenvalue weighted by atomic mass is 10.2. The molecule has 0 radical (unpaired) electrons. The van der Waals surface area contributed by atoms with Gasteiger partial charge in [-0.1, -0.05) is 5.16 Å². The maximum Gasteiger partial charge on any atom is 0.257 e. The highest BCUT2D eigenvalue weighted by atomic mass is 16.5. The third kappa shape index (κ3) is 3.57. The van der Waals surface area contributed by atoms with Crippen molar-refractivity contribution in [3.63, 3.8) is 0 Å². The van der Waals surface area contributed by atoms with E-state index < -0.39 is 0 Å². The van der Waals surface area contributed by atoms with Gasteiger partial charge in [-0.25, -0.2) is 4.98 Å². The molecule has 0 aromatic carbocycles. The van der Waals surface area contributed by atoms with Crippen molar-refractivity contribution in [2.75, 3.05) is 26.7 Å². The third-order valence-electron chi connectivity index (χ3n) is 4.32. The van der Waals surface area contributed by atoms with Crippen LogP contribution >= 0.6 is 0 Å². The van der Waals surface area contributed by atoms with Crippen LogP contribution in [0.15, 0.2) is 22.9 Å². The fourth-order valence-corrected chi connectivity index (χ4v) is 2.87. The first-order valence-electron chi connectivity index (χ1n) is 8.44. The van der Waals surface area contributed by atoms with Crippen LogP contribution in [0.5, 0.6) is 5.88 Å². The zero-order chi connectivity index (χ0) is 16.5. The highest BCUT2D eigenvalue weighted by molar-refractivity contribution is 5.53. The number of hydrogen-bond donors (Lipinski definition) is 0. The number of nitrogens with zero attached hydrogens (tertiary/aromatic N) is 4. The zero-order valence-corrected chi connectivity index (χ0v) is 14.0. The van der Waals surface area contributed by atoms with E-state index in [1.54, 1.807) is 6.20 Å². The van der Waals surface area contributed by atoms with Crippen LogP contribution in [0.25, 0.3) is 11.4 Å². The van der Waals surface area contributed by atoms with E-state index in [1.807, 2.05) is 19.1 Å². The lowest BCUT2D eigenvalue weighted by molar-refractivity contribution is -0.0838. The normalized spacial score (nSPS) is 24.9. The van der Waals surface area contributed by atoms with Crippen LogP contribution in [0.1, 0.15) is 31.8 Å². The number of ether oxygens (including phenoxy) is 2. The van der Waals surface area contributed by atoms with Gasteiger partial charge in [-0.05, 0) is 38.8 Å². The quantitative estimate of drug-likeness (QED) is 0.833. The van der Waals surface area contributed by atoms with Gasteiger partial charge in [0.05, 0.1) is 12.7 Å². The van der Waals surface area contributed by atoms with E-state index in [4.69, 9.17) is 14.0 Å². The summed E-state index contributed by atoms with van der Waals surface area (Å²) in [5.74, 6) is 2.39. The van der Waals surface area contributed by atoms with Crippen LogP contribution in [0.2, 0.25) is 0 Å². The second kappa shape index (κ2) is 6.49. The Bertz CT molecular complexity index is 673. The van der Waals surface area contributed by atoms with E-state index in [2.05, 4.69) is 27.1 Å². The summed E-state index contributed by atoms with van der Waals surface area (Å²) in [4.78, 5) is 11.0. The fraction of sp³-hybridized carbons (Fsp3) is 0.588. The van der Waals surface area contributed by atoms with Crippen molar-refractivity contribution in [3.8, 4) is 17.3 Å². The van der Waals surface area contributed by atoms with Gasteiger partial charge in [0.2, 0.25) is 11.7 Å². The Morgan fingerprint density at radius 2 is 2.17 bits per heavy atom. The summed E-state index contributed by atoms with van der Waals surface area (Å²) < 4.78 is 16.9. The van der Waals surface area contributed by atoms with Gasteiger partial charge >= 0.3 is 0 Å². The molecule has 0 unspecified atom stereocenters. The van der Waals surface area contributed by atoms with Crippen LogP contribution in [0.4, 0.5) is 0 Å². The molecule has 1 saturated heterocycles. The lowest BCUT2D eigenvalue weighted by Crippen LogP contribution is -2.40. The van der Waals surface area contributed by atoms with Gasteiger partial charge in [0.25, 0.3) is 5.89 Å². The minimum atomic E-state index is -0.186. The van der Waals surface area contributed by atoms with E-state index in [1.165, 1.54) is 12.8 Å². The Balaban J connectivity index is 1.43. The average molecular weight is 330 g/mol. The predicted molar refractivity (Wildman–Crippen MR) is 86.5 cm³/mol. The smallest absolute Gasteiger partial charge is 0.257 e. The number of hydrogen-bond acceptors (Lipinski definition) is 7. The topological polar surface area (TPSA) is 73.5 Å². The van der Waals surface area contributed by atoms with E-state index in [0.29, 0.717) is 23.5 Å². The second-order valence-corrected chi connectivity index (χ2v) is 6.75. The Kier molecular flexibility index (Phi) is 4.20. The van der Waals surface area contributed by atoms with Crippen molar-refractivity contribution in [1.29, 1.82) is 0 Å². The van der Waals surface area contributed by atoms with Crippen molar-refractivity contribution in [2.24, 2.45) is 5.92 Å². The maximum absolute atomic E-state index is 5.90. The van der Waals surface area contributed by atoms with Crippen molar-refractivity contribution in [2.45, 2.75) is 32.0 Å². The SMILES string of the molecule is C[C@@H]1CN(C)C[C@H](c2nc(-c3ccc(OCC4CC4)nc3)no2)O1. The van der Waals surface area contributed by atoms with Crippen LogP contribution in [-0.2, 0) is 4.74 Å². The first kappa shape index (κ1) is 15.5. The van der Waals surface area contributed by atoms with Crippen LogP contribution in [0.3, 0.4) is 0 Å². The Hall–Kier alpha value is -1.99. The summed E-state index contributed by atoms with van der Waals surface area (Å²) >= 11 is 0. The summed E-state index contributed by atoms with van der Waals surface area (Å²) in [6, 6.07) is 3.75. The summed E-state index contributed by atoms with van der Waals surface area (Å²) in [5, 5.41) is 4.06. The highest BCUT2D eigenvalue weighted by Crippen LogP contribution is 2.29. The summed E-state index contributed by atoms with van der Waals surface area (Å²) in [5.41, 5.74) is 0.806. The van der Waals surface area contributed by atoms with Gasteiger partial charge < -0.3 is 18.9 Å². The van der Waals surface area contributed by atoms with Gasteiger partial charge in [0, 0.05) is 30.9 Å². The standard InChI is InChI=1S/C17H22N4O3/c1-11-8-21(2)9-14(23-11)17-19-16(20-24-17)13-5-6-15(18-7-13)22-10-12-3-4-12/h5-7,11-12,14H,3-4,8-10H2,1-2H3/t11-,14-/m1/s1. The molecule has 3 heterocycles. The molecule has 7 heteroatoms. The first-order chi connectivity index (χ1) is 11.7. The Labute approximate surface area is 141 Å². The van der Waals surface area contributed by atoms with Crippen molar-refractivity contribution in [3.05, 3.63) is 24.2 Å². The van der Waals surface area contributed by atoms with Gasteiger partial charge in [-0.3, -0.25) is 0 Å². The molecule has 1 saturated carbocycles. The third-order valence-corrected chi connectivity index (χ3v) is 4.32. The Morgan fingerprint density at radius 3 is 2.88 bits per heavy atom. The molecule has 7 nitrogen and oxygen atoms in total. The zero-order valence-electron chi connectivity index (χ0n) is 14.0. The molecular formula is C17H22N4O3. The largest absolute Gasteiger partial charge is 0.477 e. The van der Waals surface area contributed by atoms with E-state index >= 15 is 0 Å². The monoisotopic (exact) mass is 330 g/mol. The number of aromatic nitrogens is 3. The van der Waals surface area contributed by atoms with Crippen molar-refractivity contribution in [1.82, 2.24) is 20.0 Å². The van der Waals surface area contributed by atoms with Gasteiger partial charge in [0.15, 0.2) is 0 Å². The van der Waals surface area contributed by atoms with E-state index in [9.17, 15) is 0 Å². The van der Waals surface area contributed by atoms with Crippen LogP contribution in [-0.4, -0.2) is 52.9 Å². The number of pyridine rings is 1. The molecule has 24 heavy (non-hydrogen) atoms. The number of morpholine rings is 1. The molecule has 128 valence electrons. The molecule has 2 aromatic rings. The fourth-order valence-electron chi connectivity index (χ4n) is 2.87. The molecule has 0 amide bonds. The summed E-state index contributed by atoms with van der Waals surface area (Å²) in [6.07, 6.45) is 4.21. The summed E-state index contributed by atoms with van der Waals surface area (Å²) in [7, 11) is 2.06. The number of likely N-dealkylation sites (N-methyl/N-ethyl adjacent to an activating group) is 1. The minimum absolute atomic E-state index is 0.147. The molecule has 1 aliphatic carbocycles. The minimum Gasteiger partial charge on any atom is -0.477 e. The van der Waals surface area contributed by atoms with Crippen molar-refractivity contribution >= 4 is 0 Å². The lowest BCUT2D eigenvalue weighted by Gasteiger charge is -2.32. The highest BCUT2D eigenvalue weighted by Gasteiger charge is 2.29. The molecule has 0 bridgehead atoms.